The number of aliphatic imine (C=N–C) groups is 1. The molecule has 0 fully saturated rings. The topological polar surface area (TPSA) is 12.4 Å². The van der Waals surface area contributed by atoms with Crippen LogP contribution in [0.1, 0.15) is 11.1 Å². The molecule has 1 aromatic carbocycles. The van der Waals surface area contributed by atoms with Crippen molar-refractivity contribution in [3.63, 3.8) is 0 Å². The summed E-state index contributed by atoms with van der Waals surface area (Å²) in [6.45, 7) is 8.12. The molecule has 16 heavy (non-hydrogen) atoms. The van der Waals surface area contributed by atoms with E-state index >= 15 is 0 Å². The van der Waals surface area contributed by atoms with Crippen LogP contribution in [-0.2, 0) is 0 Å². The Bertz CT molecular complexity index is 568. The van der Waals surface area contributed by atoms with Crippen LogP contribution in [-0.4, -0.2) is 6.21 Å². The second kappa shape index (κ2) is 4.53. The van der Waals surface area contributed by atoms with Crippen LogP contribution in [0.4, 0.5) is 5.69 Å². The van der Waals surface area contributed by atoms with Gasteiger partial charge in [0, 0.05) is 17.4 Å². The lowest BCUT2D eigenvalue weighted by molar-refractivity contribution is 1.35. The molecule has 0 saturated heterocycles. The average Bonchev–Trinajstić information content (AvgIpc) is 2.13. The Hall–Kier alpha value is -1.55. The fourth-order valence-corrected chi connectivity index (χ4v) is 2.12. The van der Waals surface area contributed by atoms with Gasteiger partial charge in [0.05, 0.1) is 5.69 Å². The normalized spacial score (nSPS) is 14.2. The molecule has 0 amide bonds. The molecule has 0 aromatic heterocycles. The maximum Gasteiger partial charge on any atom is 0.0659 e. The number of aryl methyl sites for hydroxylation is 2. The zero-order chi connectivity index (χ0) is 11.5. The Morgan fingerprint density at radius 1 is 1.44 bits per heavy atom. The summed E-state index contributed by atoms with van der Waals surface area (Å²) in [7, 11) is 0.726. The molecule has 1 atom stereocenters. The van der Waals surface area contributed by atoms with Crippen molar-refractivity contribution in [1.82, 2.24) is 0 Å². The quantitative estimate of drug-likeness (QED) is 0.544. The zero-order valence-electron chi connectivity index (χ0n) is 9.54. The molecule has 80 valence electrons. The summed E-state index contributed by atoms with van der Waals surface area (Å²) in [4.78, 5) is 4.45. The summed E-state index contributed by atoms with van der Waals surface area (Å²) in [6.07, 6.45) is 1.82. The van der Waals surface area contributed by atoms with Crippen molar-refractivity contribution >= 4 is 19.9 Å². The molecule has 0 bridgehead atoms. The van der Waals surface area contributed by atoms with E-state index in [4.69, 9.17) is 0 Å². The van der Waals surface area contributed by atoms with Gasteiger partial charge in [-0.05, 0) is 31.3 Å². The molecule has 0 N–H and O–H groups in total. The van der Waals surface area contributed by atoms with E-state index in [0.29, 0.717) is 0 Å². The van der Waals surface area contributed by atoms with Crippen molar-refractivity contribution in [2.24, 2.45) is 4.99 Å². The average molecular weight is 227 g/mol. The van der Waals surface area contributed by atoms with Crippen LogP contribution in [0.25, 0.3) is 0 Å². The molecule has 0 aliphatic carbocycles. The molecule has 1 aliphatic rings. The molecule has 0 saturated carbocycles. The van der Waals surface area contributed by atoms with Crippen LogP contribution in [0.2, 0.25) is 0 Å². The van der Waals surface area contributed by atoms with E-state index in [1.165, 1.54) is 11.1 Å². The molecule has 2 rings (SSSR count). The van der Waals surface area contributed by atoms with Gasteiger partial charge < -0.3 is 0 Å². The van der Waals surface area contributed by atoms with Gasteiger partial charge in [0.15, 0.2) is 0 Å². The summed E-state index contributed by atoms with van der Waals surface area (Å²) >= 11 is 0. The minimum absolute atomic E-state index is 0.726. The van der Waals surface area contributed by atoms with Crippen LogP contribution in [0.15, 0.2) is 46.7 Å². The Balaban J connectivity index is 2.15. The maximum absolute atomic E-state index is 4.45. The van der Waals surface area contributed by atoms with E-state index in [0.717, 1.165) is 24.9 Å². The number of hydrogen-bond acceptors (Lipinski definition) is 1. The van der Waals surface area contributed by atoms with E-state index < -0.39 is 0 Å². The molecule has 1 nitrogen and oxygen atoms in total. The summed E-state index contributed by atoms with van der Waals surface area (Å²) in [6, 6.07) is 6.25. The molecule has 0 spiro atoms. The van der Waals surface area contributed by atoms with E-state index in [1.54, 1.807) is 0 Å². The van der Waals surface area contributed by atoms with E-state index in [2.05, 4.69) is 49.0 Å². The molecule has 2 heteroatoms. The van der Waals surface area contributed by atoms with E-state index in [-0.39, 0.29) is 0 Å². The number of rotatable bonds is 3. The molecule has 1 heterocycles. The van der Waals surface area contributed by atoms with E-state index in [1.807, 2.05) is 12.3 Å². The Morgan fingerprint density at radius 2 is 2.19 bits per heavy atom. The second-order valence-electron chi connectivity index (χ2n) is 3.90. The van der Waals surface area contributed by atoms with Gasteiger partial charge in [0.2, 0.25) is 0 Å². The first kappa shape index (κ1) is 11.0. The minimum atomic E-state index is 0.726. The third-order valence-electron chi connectivity index (χ3n) is 2.48. The van der Waals surface area contributed by atoms with Gasteiger partial charge >= 0.3 is 0 Å². The van der Waals surface area contributed by atoms with Crippen LogP contribution in [0, 0.1) is 19.5 Å². The standard InChI is InChI=1S/C14H14NP/c1-10-4-5-14(11(2)6-10)15-7-12(3)13-8-16-9-13/h4-8,16H,3H2,1-2H3/b15-7-. The highest BCUT2D eigenvalue weighted by atomic mass is 31.0. The monoisotopic (exact) mass is 227 g/mol. The van der Waals surface area contributed by atoms with Gasteiger partial charge in [0.1, 0.15) is 0 Å². The Kier molecular flexibility index (Phi) is 3.10. The van der Waals surface area contributed by atoms with E-state index in [9.17, 15) is 0 Å². The van der Waals surface area contributed by atoms with Gasteiger partial charge in [0.25, 0.3) is 0 Å². The summed E-state index contributed by atoms with van der Waals surface area (Å²) in [5, 5.41) is 0. The lowest BCUT2D eigenvalue weighted by atomic mass is 10.1. The van der Waals surface area contributed by atoms with Crippen molar-refractivity contribution in [2.45, 2.75) is 13.8 Å². The second-order valence-corrected chi connectivity index (χ2v) is 4.73. The Morgan fingerprint density at radius 3 is 2.75 bits per heavy atom. The molecule has 0 radical (unpaired) electrons. The van der Waals surface area contributed by atoms with Crippen molar-refractivity contribution in [3.8, 4) is 5.63 Å². The number of hydrogen-bond donors (Lipinski definition) is 0. The van der Waals surface area contributed by atoms with Crippen LogP contribution in [0.3, 0.4) is 0 Å². The predicted octanol–water partition coefficient (Wildman–Crippen LogP) is 4.10. The highest BCUT2D eigenvalue weighted by Gasteiger charge is 2.00. The van der Waals surface area contributed by atoms with Crippen molar-refractivity contribution < 1.29 is 0 Å². The van der Waals surface area contributed by atoms with Crippen LogP contribution < -0.4 is 0 Å². The zero-order valence-corrected chi connectivity index (χ0v) is 10.5. The molecule has 1 aromatic rings. The minimum Gasteiger partial charge on any atom is -0.256 e. The van der Waals surface area contributed by atoms with Gasteiger partial charge in [-0.2, -0.15) is 0 Å². The summed E-state index contributed by atoms with van der Waals surface area (Å²) in [5.41, 5.74) is 8.72. The molecule has 1 unspecified atom stereocenters. The summed E-state index contributed by atoms with van der Waals surface area (Å²) in [5.74, 6) is 2.14. The highest BCUT2D eigenvalue weighted by Crippen LogP contribution is 2.22. The van der Waals surface area contributed by atoms with Crippen LogP contribution >= 0.6 is 8.04 Å². The fraction of sp³-hybridized carbons (Fsp3) is 0.143. The predicted molar refractivity (Wildman–Crippen MR) is 73.5 cm³/mol. The lowest BCUT2D eigenvalue weighted by Gasteiger charge is -2.04. The van der Waals surface area contributed by atoms with Gasteiger partial charge in [-0.1, -0.05) is 37.9 Å². The molecular formula is C14H14NP. The van der Waals surface area contributed by atoms with Crippen molar-refractivity contribution in [1.29, 1.82) is 0 Å². The number of allylic oxidation sites excluding steroid dienone is 2. The highest BCUT2D eigenvalue weighted by molar-refractivity contribution is 7.32. The third-order valence-corrected chi connectivity index (χ3v) is 3.33. The third kappa shape index (κ3) is 2.33. The lowest BCUT2D eigenvalue weighted by Crippen LogP contribution is -1.88. The largest absolute Gasteiger partial charge is 0.256 e. The molecule has 1 aliphatic heterocycles. The first-order valence-electron chi connectivity index (χ1n) is 5.19. The Labute approximate surface area is 97.7 Å². The first-order valence-corrected chi connectivity index (χ1v) is 6.27. The van der Waals surface area contributed by atoms with Crippen molar-refractivity contribution in [2.75, 3.05) is 0 Å². The SMILES string of the molecule is C=C(/C=N\c1ccc(C)cc1C)C1=C[PH]#C1. The van der Waals surface area contributed by atoms with Gasteiger partial charge in [-0.3, -0.25) is 4.99 Å². The van der Waals surface area contributed by atoms with Crippen LogP contribution in [0.5, 0.6) is 0 Å². The van der Waals surface area contributed by atoms with Gasteiger partial charge in [-0.15, -0.1) is 0 Å². The molecular weight excluding hydrogens is 213 g/mol. The first-order chi connectivity index (χ1) is 7.66. The summed E-state index contributed by atoms with van der Waals surface area (Å²) < 4.78 is 0. The number of benzene rings is 1. The smallest absolute Gasteiger partial charge is 0.0659 e. The van der Waals surface area contributed by atoms with Crippen molar-refractivity contribution in [3.05, 3.63) is 52.9 Å². The van der Waals surface area contributed by atoms with Gasteiger partial charge in [-0.25, -0.2) is 0 Å². The number of nitrogens with zero attached hydrogens (tertiary/aromatic N) is 1. The maximum atomic E-state index is 4.45. The fourth-order valence-electron chi connectivity index (χ4n) is 1.48.